The van der Waals surface area contributed by atoms with Gasteiger partial charge in [0, 0.05) is 0 Å². The third-order valence-corrected chi connectivity index (χ3v) is 3.49. The summed E-state index contributed by atoms with van der Waals surface area (Å²) in [5.74, 6) is -0.408. The SMILES string of the molecule is COC(=O)[C@]1([C@@H](O)C(C)C)N=C(OC)C[C@@H]1OC(C)(C)C. The molecular formula is C15H27NO5. The highest BCUT2D eigenvalue weighted by Gasteiger charge is 2.59. The minimum atomic E-state index is -1.48. The van der Waals surface area contributed by atoms with Crippen molar-refractivity contribution in [2.24, 2.45) is 10.9 Å². The summed E-state index contributed by atoms with van der Waals surface area (Å²) in [6.07, 6.45) is -1.32. The van der Waals surface area contributed by atoms with Gasteiger partial charge in [-0.25, -0.2) is 9.79 Å². The molecule has 0 aromatic heterocycles. The number of hydrogen-bond donors (Lipinski definition) is 1. The van der Waals surface area contributed by atoms with Crippen LogP contribution >= 0.6 is 0 Å². The summed E-state index contributed by atoms with van der Waals surface area (Å²) in [5.41, 5.74) is -1.97. The quantitative estimate of drug-likeness (QED) is 0.797. The first-order valence-corrected chi connectivity index (χ1v) is 7.15. The van der Waals surface area contributed by atoms with Crippen molar-refractivity contribution in [3.05, 3.63) is 0 Å². The van der Waals surface area contributed by atoms with Crippen molar-refractivity contribution < 1.29 is 24.1 Å². The van der Waals surface area contributed by atoms with Crippen LogP contribution in [-0.4, -0.2) is 54.5 Å². The molecule has 3 atom stereocenters. The molecule has 0 radical (unpaired) electrons. The van der Waals surface area contributed by atoms with E-state index >= 15 is 0 Å². The molecule has 1 aliphatic rings. The Morgan fingerprint density at radius 3 is 2.33 bits per heavy atom. The number of rotatable bonds is 4. The van der Waals surface area contributed by atoms with Gasteiger partial charge in [-0.1, -0.05) is 13.8 Å². The van der Waals surface area contributed by atoms with Crippen molar-refractivity contribution in [3.8, 4) is 0 Å². The number of carbonyl (C=O) groups excluding carboxylic acids is 1. The van der Waals surface area contributed by atoms with Crippen molar-refractivity contribution in [3.63, 3.8) is 0 Å². The molecule has 6 heteroatoms. The zero-order valence-electron chi connectivity index (χ0n) is 14.0. The molecule has 1 heterocycles. The van der Waals surface area contributed by atoms with Crippen LogP contribution in [0.1, 0.15) is 41.0 Å². The fourth-order valence-corrected chi connectivity index (χ4v) is 2.55. The van der Waals surface area contributed by atoms with E-state index in [1.54, 1.807) is 0 Å². The number of aliphatic hydroxyl groups is 1. The van der Waals surface area contributed by atoms with E-state index in [2.05, 4.69) is 4.99 Å². The number of aliphatic hydroxyl groups excluding tert-OH is 1. The van der Waals surface area contributed by atoms with Gasteiger partial charge in [0.2, 0.25) is 5.54 Å². The average molecular weight is 301 g/mol. The van der Waals surface area contributed by atoms with Crippen LogP contribution in [0.3, 0.4) is 0 Å². The summed E-state index contributed by atoms with van der Waals surface area (Å²) in [7, 11) is 2.77. The molecule has 1 aliphatic heterocycles. The predicted molar refractivity (Wildman–Crippen MR) is 79.3 cm³/mol. The Morgan fingerprint density at radius 2 is 1.95 bits per heavy atom. The molecule has 1 rings (SSSR count). The molecule has 0 spiro atoms. The van der Waals surface area contributed by atoms with E-state index in [1.165, 1.54) is 14.2 Å². The minimum Gasteiger partial charge on any atom is -0.484 e. The standard InChI is InChI=1S/C15H27NO5/c1-9(2)12(17)15(13(18)20-7)10(21-14(3,4)5)8-11(16-15)19-6/h9-10,12,17H,8H2,1-7H3/t10-,12-,15-/m0/s1. The molecule has 0 aliphatic carbocycles. The first-order valence-electron chi connectivity index (χ1n) is 7.15. The minimum absolute atomic E-state index is 0.185. The number of ether oxygens (including phenoxy) is 3. The van der Waals surface area contributed by atoms with Crippen LogP contribution in [0.15, 0.2) is 4.99 Å². The second kappa shape index (κ2) is 6.32. The maximum absolute atomic E-state index is 12.4. The summed E-state index contributed by atoms with van der Waals surface area (Å²) in [4.78, 5) is 16.8. The molecule has 1 N–H and O–H groups in total. The highest BCUT2D eigenvalue weighted by Crippen LogP contribution is 2.38. The third kappa shape index (κ3) is 3.55. The smallest absolute Gasteiger partial charge is 0.339 e. The van der Waals surface area contributed by atoms with E-state index < -0.39 is 29.3 Å². The van der Waals surface area contributed by atoms with Crippen molar-refractivity contribution in [1.29, 1.82) is 0 Å². The lowest BCUT2D eigenvalue weighted by atomic mass is 9.81. The van der Waals surface area contributed by atoms with Gasteiger partial charge in [0.25, 0.3) is 0 Å². The molecule has 0 saturated heterocycles. The molecule has 0 fully saturated rings. The fourth-order valence-electron chi connectivity index (χ4n) is 2.55. The van der Waals surface area contributed by atoms with Crippen LogP contribution in [0.2, 0.25) is 0 Å². The number of methoxy groups -OCH3 is 2. The van der Waals surface area contributed by atoms with E-state index in [-0.39, 0.29) is 5.92 Å². The van der Waals surface area contributed by atoms with Gasteiger partial charge >= 0.3 is 5.97 Å². The van der Waals surface area contributed by atoms with Gasteiger partial charge in [0.05, 0.1) is 32.3 Å². The topological polar surface area (TPSA) is 77.4 Å². The Hall–Kier alpha value is -1.14. The van der Waals surface area contributed by atoms with E-state index in [4.69, 9.17) is 14.2 Å². The van der Waals surface area contributed by atoms with E-state index in [0.717, 1.165) is 0 Å². The normalized spacial score (nSPS) is 27.5. The lowest BCUT2D eigenvalue weighted by Crippen LogP contribution is -2.59. The van der Waals surface area contributed by atoms with Gasteiger partial charge in [0.15, 0.2) is 5.90 Å². The molecular weight excluding hydrogens is 274 g/mol. The van der Waals surface area contributed by atoms with Crippen LogP contribution in [0.25, 0.3) is 0 Å². The number of nitrogens with zero attached hydrogens (tertiary/aromatic N) is 1. The zero-order chi connectivity index (χ0) is 16.4. The number of esters is 1. The third-order valence-electron chi connectivity index (χ3n) is 3.49. The van der Waals surface area contributed by atoms with Crippen LogP contribution in [0, 0.1) is 5.92 Å². The summed E-state index contributed by atoms with van der Waals surface area (Å²) in [6.45, 7) is 9.32. The molecule has 0 amide bonds. The molecule has 0 bridgehead atoms. The predicted octanol–water partition coefficient (Wildman–Crippen LogP) is 1.55. The molecule has 0 unspecified atom stereocenters. The largest absolute Gasteiger partial charge is 0.484 e. The molecule has 0 saturated carbocycles. The van der Waals surface area contributed by atoms with Gasteiger partial charge in [-0.2, -0.15) is 0 Å². The first kappa shape index (κ1) is 17.9. The Bertz CT molecular complexity index is 413. The molecule has 0 aromatic carbocycles. The Kier molecular flexibility index (Phi) is 5.39. The monoisotopic (exact) mass is 301 g/mol. The summed E-state index contributed by atoms with van der Waals surface area (Å²) in [5, 5.41) is 10.6. The second-order valence-electron chi connectivity index (χ2n) is 6.64. The Balaban J connectivity index is 3.32. The van der Waals surface area contributed by atoms with Crippen LogP contribution in [-0.2, 0) is 19.0 Å². The number of hydrogen-bond acceptors (Lipinski definition) is 6. The van der Waals surface area contributed by atoms with Gasteiger partial charge in [-0.3, -0.25) is 0 Å². The lowest BCUT2D eigenvalue weighted by Gasteiger charge is -2.38. The van der Waals surface area contributed by atoms with Crippen molar-refractivity contribution in [1.82, 2.24) is 0 Å². The van der Waals surface area contributed by atoms with E-state index in [1.807, 2.05) is 34.6 Å². The molecule has 0 aromatic rings. The molecule has 21 heavy (non-hydrogen) atoms. The average Bonchev–Trinajstić information content (AvgIpc) is 2.74. The van der Waals surface area contributed by atoms with Crippen molar-refractivity contribution >= 4 is 11.9 Å². The Morgan fingerprint density at radius 1 is 1.38 bits per heavy atom. The Labute approximate surface area is 126 Å². The molecule has 6 nitrogen and oxygen atoms in total. The summed E-state index contributed by atoms with van der Waals surface area (Å²) < 4.78 is 16.1. The maximum Gasteiger partial charge on any atom is 0.339 e. The van der Waals surface area contributed by atoms with Gasteiger partial charge in [0.1, 0.15) is 6.10 Å². The maximum atomic E-state index is 12.4. The van der Waals surface area contributed by atoms with Crippen molar-refractivity contribution in [2.45, 2.75) is 64.4 Å². The van der Waals surface area contributed by atoms with Gasteiger partial charge in [-0.15, -0.1) is 0 Å². The fraction of sp³-hybridized carbons (Fsp3) is 0.867. The van der Waals surface area contributed by atoms with Crippen LogP contribution in [0.5, 0.6) is 0 Å². The van der Waals surface area contributed by atoms with Crippen molar-refractivity contribution in [2.75, 3.05) is 14.2 Å². The number of aliphatic imine (C=N–C) groups is 1. The summed E-state index contributed by atoms with van der Waals surface area (Å²) >= 11 is 0. The number of carbonyl (C=O) groups is 1. The van der Waals surface area contributed by atoms with Crippen LogP contribution < -0.4 is 0 Å². The van der Waals surface area contributed by atoms with Gasteiger partial charge < -0.3 is 19.3 Å². The highest BCUT2D eigenvalue weighted by molar-refractivity contribution is 5.92. The lowest BCUT2D eigenvalue weighted by molar-refractivity contribution is -0.170. The zero-order valence-corrected chi connectivity index (χ0v) is 14.0. The first-order chi connectivity index (χ1) is 9.58. The second-order valence-corrected chi connectivity index (χ2v) is 6.64. The van der Waals surface area contributed by atoms with E-state index in [9.17, 15) is 9.90 Å². The van der Waals surface area contributed by atoms with Crippen LogP contribution in [0.4, 0.5) is 0 Å². The molecule has 122 valence electrons. The van der Waals surface area contributed by atoms with E-state index in [0.29, 0.717) is 12.3 Å². The van der Waals surface area contributed by atoms with Gasteiger partial charge in [-0.05, 0) is 26.7 Å². The highest BCUT2D eigenvalue weighted by atomic mass is 16.5. The summed E-state index contributed by atoms with van der Waals surface area (Å²) in [6, 6.07) is 0.